The van der Waals surface area contributed by atoms with E-state index in [0.717, 1.165) is 15.6 Å². The van der Waals surface area contributed by atoms with Crippen LogP contribution in [0.25, 0.3) is 33.1 Å². The van der Waals surface area contributed by atoms with E-state index in [2.05, 4.69) is 31.1 Å². The zero-order chi connectivity index (χ0) is 22.2. The van der Waals surface area contributed by atoms with Gasteiger partial charge >= 0.3 is 0 Å². The summed E-state index contributed by atoms with van der Waals surface area (Å²) in [5, 5.41) is 19.7. The highest BCUT2D eigenvalue weighted by Crippen LogP contribution is 2.37. The number of nitrogens with one attached hydrogen (secondary N) is 1. The zero-order valence-electron chi connectivity index (χ0n) is 17.0. The van der Waals surface area contributed by atoms with Crippen LogP contribution in [-0.4, -0.2) is 21.0 Å². The number of H-pyrrole nitrogens is 1. The van der Waals surface area contributed by atoms with Gasteiger partial charge in [-0.15, -0.1) is 10.2 Å². The van der Waals surface area contributed by atoms with Crippen LogP contribution in [0, 0.1) is 6.92 Å². The molecule has 0 saturated heterocycles. The van der Waals surface area contributed by atoms with Gasteiger partial charge in [0.15, 0.2) is 5.69 Å². The summed E-state index contributed by atoms with van der Waals surface area (Å²) in [4.78, 5) is 20.7. The third-order valence-corrected chi connectivity index (χ3v) is 5.71. The second kappa shape index (κ2) is 8.01. The quantitative estimate of drug-likeness (QED) is 0.268. The van der Waals surface area contributed by atoms with Crippen LogP contribution in [0.15, 0.2) is 87.5 Å². The molecule has 2 aromatic heterocycles. The maximum Gasteiger partial charge on any atom is 0.296 e. The number of amides is 1. The minimum Gasteiger partial charge on any atom is -0.493 e. The molecule has 2 heterocycles. The highest BCUT2D eigenvalue weighted by atomic mass is 79.9. The number of hydrogen-bond donors (Lipinski definition) is 2. The molecule has 0 bridgehead atoms. The molecule has 0 aliphatic rings. The number of aromatic nitrogens is 2. The Hall–Kier alpha value is -3.84. The van der Waals surface area contributed by atoms with Gasteiger partial charge in [0.05, 0.1) is 22.3 Å². The van der Waals surface area contributed by atoms with Crippen LogP contribution < -0.4 is 0 Å². The molecule has 5 rings (SSSR count). The second-order valence-electron chi connectivity index (χ2n) is 7.46. The molecule has 0 aliphatic carbocycles. The number of aromatic hydroxyl groups is 1. The minimum atomic E-state index is -0.510. The first kappa shape index (κ1) is 20.1. The molecule has 0 spiro atoms. The number of pyridine rings is 1. The molecule has 0 fully saturated rings. The van der Waals surface area contributed by atoms with Gasteiger partial charge in [0.25, 0.3) is 5.91 Å². The molecule has 0 radical (unpaired) electrons. The van der Waals surface area contributed by atoms with Crippen molar-refractivity contribution in [1.82, 2.24) is 9.97 Å². The van der Waals surface area contributed by atoms with E-state index in [1.54, 1.807) is 6.07 Å². The number of fused-ring (bicyclic) bond motifs is 2. The van der Waals surface area contributed by atoms with Gasteiger partial charge in [-0.3, -0.25) is 4.79 Å². The van der Waals surface area contributed by atoms with Crippen molar-refractivity contribution in [2.45, 2.75) is 6.92 Å². The molecule has 156 valence electrons. The summed E-state index contributed by atoms with van der Waals surface area (Å²) in [7, 11) is 0. The highest BCUT2D eigenvalue weighted by molar-refractivity contribution is 9.10. The summed E-state index contributed by atoms with van der Waals surface area (Å²) < 4.78 is 0.829. The Kier molecular flexibility index (Phi) is 5.03. The first-order valence-electron chi connectivity index (χ1n) is 9.93. The number of halogens is 1. The van der Waals surface area contributed by atoms with E-state index in [0.29, 0.717) is 33.1 Å². The van der Waals surface area contributed by atoms with Gasteiger partial charge in [0, 0.05) is 20.8 Å². The molecule has 1 amide bonds. The fourth-order valence-corrected chi connectivity index (χ4v) is 4.02. The number of aryl methyl sites for hydroxylation is 1. The number of carbonyl (C=O) groups is 1. The Morgan fingerprint density at radius 2 is 1.81 bits per heavy atom. The third-order valence-electron chi connectivity index (χ3n) is 5.22. The molecule has 0 atom stereocenters. The summed E-state index contributed by atoms with van der Waals surface area (Å²) in [6.45, 7) is 1.96. The van der Waals surface area contributed by atoms with Crippen molar-refractivity contribution >= 4 is 49.3 Å². The number of rotatable bonds is 3. The van der Waals surface area contributed by atoms with Gasteiger partial charge in [-0.05, 0) is 43.3 Å². The standard InChI is InChI=1S/C25H17BrN4O2/c1-14-7-9-20-17(11-14)18(13-22(27-20)15-5-3-2-4-6-15)24(31)30-29-23-19-12-16(26)8-10-21(19)28-25(23)32/h2-13,28,32H,1H3. The Morgan fingerprint density at radius 3 is 2.62 bits per heavy atom. The lowest BCUT2D eigenvalue weighted by atomic mass is 10.0. The second-order valence-corrected chi connectivity index (χ2v) is 8.37. The molecule has 32 heavy (non-hydrogen) atoms. The summed E-state index contributed by atoms with van der Waals surface area (Å²) in [5.41, 5.74) is 4.61. The number of aromatic amines is 1. The van der Waals surface area contributed by atoms with Crippen molar-refractivity contribution in [3.05, 3.63) is 88.4 Å². The van der Waals surface area contributed by atoms with Gasteiger partial charge < -0.3 is 10.1 Å². The lowest BCUT2D eigenvalue weighted by Crippen LogP contribution is -1.99. The molecule has 0 saturated carbocycles. The van der Waals surface area contributed by atoms with Crippen LogP contribution in [0.3, 0.4) is 0 Å². The van der Waals surface area contributed by atoms with E-state index in [1.807, 2.05) is 73.7 Å². The summed E-state index contributed by atoms with van der Waals surface area (Å²) in [5.74, 6) is -0.654. The van der Waals surface area contributed by atoms with Gasteiger partial charge in [-0.2, -0.15) is 0 Å². The Bertz CT molecular complexity index is 1520. The number of nitrogens with zero attached hydrogens (tertiary/aromatic N) is 3. The van der Waals surface area contributed by atoms with E-state index in [-0.39, 0.29) is 11.6 Å². The number of benzene rings is 3. The van der Waals surface area contributed by atoms with E-state index < -0.39 is 5.91 Å². The largest absolute Gasteiger partial charge is 0.493 e. The molecule has 5 aromatic rings. The highest BCUT2D eigenvalue weighted by Gasteiger charge is 2.16. The summed E-state index contributed by atoms with van der Waals surface area (Å²) >= 11 is 3.41. The number of carbonyl (C=O) groups excluding carboxylic acids is 1. The monoisotopic (exact) mass is 484 g/mol. The lowest BCUT2D eigenvalue weighted by molar-refractivity contribution is 0.0996. The fraction of sp³-hybridized carbons (Fsp3) is 0.0400. The van der Waals surface area contributed by atoms with Crippen LogP contribution in [0.1, 0.15) is 15.9 Å². The van der Waals surface area contributed by atoms with Crippen molar-refractivity contribution in [2.75, 3.05) is 0 Å². The molecule has 2 N–H and O–H groups in total. The van der Waals surface area contributed by atoms with Gasteiger partial charge in [0.2, 0.25) is 5.88 Å². The average Bonchev–Trinajstić information content (AvgIpc) is 3.11. The molecule has 7 heteroatoms. The number of azo groups is 1. The van der Waals surface area contributed by atoms with Crippen molar-refractivity contribution in [3.63, 3.8) is 0 Å². The maximum absolute atomic E-state index is 13.2. The minimum absolute atomic E-state index is 0.143. The molecular formula is C25H17BrN4O2. The SMILES string of the molecule is Cc1ccc2nc(-c3ccccc3)cc(C(=O)N=Nc3c(O)[nH]c4ccc(Br)cc34)c2c1. The molecule has 0 unspecified atom stereocenters. The predicted octanol–water partition coefficient (Wildman–Crippen LogP) is 7.08. The number of hydrogen-bond acceptors (Lipinski definition) is 4. The predicted molar refractivity (Wildman–Crippen MR) is 128 cm³/mol. The third kappa shape index (κ3) is 3.67. The van der Waals surface area contributed by atoms with Gasteiger partial charge in [-0.1, -0.05) is 57.9 Å². The smallest absolute Gasteiger partial charge is 0.296 e. The average molecular weight is 485 g/mol. The Morgan fingerprint density at radius 1 is 1.00 bits per heavy atom. The Labute approximate surface area is 191 Å². The summed E-state index contributed by atoms with van der Waals surface area (Å²) in [6.07, 6.45) is 0. The molecule has 0 aliphatic heterocycles. The van der Waals surface area contributed by atoms with Crippen molar-refractivity contribution in [2.24, 2.45) is 10.2 Å². The van der Waals surface area contributed by atoms with Crippen LogP contribution in [0.2, 0.25) is 0 Å². The van der Waals surface area contributed by atoms with Crippen LogP contribution >= 0.6 is 15.9 Å². The summed E-state index contributed by atoms with van der Waals surface area (Å²) in [6, 6.07) is 22.7. The fourth-order valence-electron chi connectivity index (χ4n) is 3.66. The normalized spacial score (nSPS) is 11.6. The lowest BCUT2D eigenvalue weighted by Gasteiger charge is -2.08. The van der Waals surface area contributed by atoms with E-state index in [4.69, 9.17) is 4.98 Å². The van der Waals surface area contributed by atoms with E-state index in [9.17, 15) is 9.90 Å². The van der Waals surface area contributed by atoms with E-state index >= 15 is 0 Å². The van der Waals surface area contributed by atoms with Gasteiger partial charge in [0.1, 0.15) is 0 Å². The topological polar surface area (TPSA) is 90.7 Å². The van der Waals surface area contributed by atoms with Crippen molar-refractivity contribution in [1.29, 1.82) is 0 Å². The van der Waals surface area contributed by atoms with Crippen LogP contribution in [0.4, 0.5) is 5.69 Å². The first-order chi connectivity index (χ1) is 15.5. The van der Waals surface area contributed by atoms with E-state index in [1.165, 1.54) is 0 Å². The first-order valence-corrected chi connectivity index (χ1v) is 10.7. The van der Waals surface area contributed by atoms with Gasteiger partial charge in [-0.25, -0.2) is 4.98 Å². The molecule has 3 aromatic carbocycles. The maximum atomic E-state index is 13.2. The Balaban J connectivity index is 1.62. The van der Waals surface area contributed by atoms with Crippen LogP contribution in [-0.2, 0) is 0 Å². The van der Waals surface area contributed by atoms with Crippen LogP contribution in [0.5, 0.6) is 5.88 Å². The zero-order valence-corrected chi connectivity index (χ0v) is 18.6. The van der Waals surface area contributed by atoms with Crippen molar-refractivity contribution in [3.8, 4) is 17.1 Å². The molecule has 6 nitrogen and oxygen atoms in total. The van der Waals surface area contributed by atoms with Crippen molar-refractivity contribution < 1.29 is 9.90 Å². The molecular weight excluding hydrogens is 468 g/mol.